The van der Waals surface area contributed by atoms with Crippen molar-refractivity contribution < 1.29 is 4.79 Å². The van der Waals surface area contributed by atoms with Crippen molar-refractivity contribution in [3.8, 4) is 0 Å². The van der Waals surface area contributed by atoms with Gasteiger partial charge in [-0.3, -0.25) is 4.79 Å². The molecule has 0 unspecified atom stereocenters. The SMILES string of the molecule is CC(C)CCC(=O)c1ccncn1. The van der Waals surface area contributed by atoms with Gasteiger partial charge in [-0.1, -0.05) is 13.8 Å². The standard InChI is InChI=1S/C10H14N2O/c1-8(2)3-4-10(13)9-5-6-11-7-12-9/h5-8H,3-4H2,1-2H3. The molecule has 1 aromatic rings. The smallest absolute Gasteiger partial charge is 0.181 e. The van der Waals surface area contributed by atoms with E-state index in [0.717, 1.165) is 6.42 Å². The van der Waals surface area contributed by atoms with Gasteiger partial charge in [-0.2, -0.15) is 0 Å². The maximum absolute atomic E-state index is 11.5. The first-order valence-corrected chi connectivity index (χ1v) is 4.49. The molecule has 0 atom stereocenters. The Morgan fingerprint density at radius 1 is 1.54 bits per heavy atom. The van der Waals surface area contributed by atoms with Gasteiger partial charge in [0.25, 0.3) is 0 Å². The van der Waals surface area contributed by atoms with Crippen molar-refractivity contribution in [2.45, 2.75) is 26.7 Å². The maximum atomic E-state index is 11.5. The molecule has 13 heavy (non-hydrogen) atoms. The fraction of sp³-hybridized carbons (Fsp3) is 0.500. The number of carbonyl (C=O) groups is 1. The second kappa shape index (κ2) is 4.70. The van der Waals surface area contributed by atoms with Gasteiger partial charge in [-0.25, -0.2) is 9.97 Å². The number of hydrogen-bond donors (Lipinski definition) is 0. The molecule has 0 aliphatic rings. The predicted molar refractivity (Wildman–Crippen MR) is 50.4 cm³/mol. The largest absolute Gasteiger partial charge is 0.292 e. The zero-order valence-electron chi connectivity index (χ0n) is 8.03. The Bertz CT molecular complexity index is 270. The van der Waals surface area contributed by atoms with Crippen LogP contribution in [0, 0.1) is 5.92 Å². The number of aromatic nitrogens is 2. The fourth-order valence-electron chi connectivity index (χ4n) is 1.00. The number of hydrogen-bond acceptors (Lipinski definition) is 3. The fourth-order valence-corrected chi connectivity index (χ4v) is 1.00. The molecule has 70 valence electrons. The lowest BCUT2D eigenvalue weighted by atomic mass is 10.0. The van der Waals surface area contributed by atoms with Crippen molar-refractivity contribution in [1.29, 1.82) is 0 Å². The minimum Gasteiger partial charge on any atom is -0.292 e. The summed E-state index contributed by atoms with van der Waals surface area (Å²) in [6.45, 7) is 4.21. The first kappa shape index (κ1) is 9.84. The molecule has 0 aliphatic carbocycles. The highest BCUT2D eigenvalue weighted by molar-refractivity contribution is 5.93. The van der Waals surface area contributed by atoms with E-state index in [1.54, 1.807) is 12.3 Å². The zero-order valence-corrected chi connectivity index (χ0v) is 8.03. The van der Waals surface area contributed by atoms with Crippen LogP contribution in [0.25, 0.3) is 0 Å². The van der Waals surface area contributed by atoms with E-state index in [1.807, 2.05) is 0 Å². The second-order valence-corrected chi connectivity index (χ2v) is 3.45. The molecule has 0 aromatic carbocycles. The van der Waals surface area contributed by atoms with E-state index in [4.69, 9.17) is 0 Å². The summed E-state index contributed by atoms with van der Waals surface area (Å²) < 4.78 is 0. The number of carbonyl (C=O) groups excluding carboxylic acids is 1. The Balaban J connectivity index is 2.50. The van der Waals surface area contributed by atoms with Gasteiger partial charge in [0.15, 0.2) is 5.78 Å². The summed E-state index contributed by atoms with van der Waals surface area (Å²) in [7, 11) is 0. The molecule has 0 radical (unpaired) electrons. The minimum absolute atomic E-state index is 0.108. The van der Waals surface area contributed by atoms with Crippen molar-refractivity contribution in [2.75, 3.05) is 0 Å². The third-order valence-corrected chi connectivity index (χ3v) is 1.82. The van der Waals surface area contributed by atoms with Gasteiger partial charge in [-0.15, -0.1) is 0 Å². The van der Waals surface area contributed by atoms with Crippen molar-refractivity contribution >= 4 is 5.78 Å². The maximum Gasteiger partial charge on any atom is 0.181 e. The van der Waals surface area contributed by atoms with Gasteiger partial charge < -0.3 is 0 Å². The van der Waals surface area contributed by atoms with Crippen LogP contribution in [0.3, 0.4) is 0 Å². The Morgan fingerprint density at radius 2 is 2.31 bits per heavy atom. The van der Waals surface area contributed by atoms with Crippen LogP contribution in [-0.4, -0.2) is 15.8 Å². The van der Waals surface area contributed by atoms with Crippen LogP contribution >= 0.6 is 0 Å². The van der Waals surface area contributed by atoms with Gasteiger partial charge in [0.2, 0.25) is 0 Å². The van der Waals surface area contributed by atoms with Crippen LogP contribution in [0.5, 0.6) is 0 Å². The highest BCUT2D eigenvalue weighted by atomic mass is 16.1. The van der Waals surface area contributed by atoms with Gasteiger partial charge in [0.05, 0.1) is 0 Å². The first-order chi connectivity index (χ1) is 6.20. The molecular weight excluding hydrogens is 164 g/mol. The summed E-state index contributed by atoms with van der Waals surface area (Å²) in [5.41, 5.74) is 0.524. The van der Waals surface area contributed by atoms with Crippen molar-refractivity contribution in [3.05, 3.63) is 24.3 Å². The third-order valence-electron chi connectivity index (χ3n) is 1.82. The van der Waals surface area contributed by atoms with Gasteiger partial charge >= 0.3 is 0 Å². The number of ketones is 1. The van der Waals surface area contributed by atoms with E-state index in [-0.39, 0.29) is 5.78 Å². The third kappa shape index (κ3) is 3.32. The second-order valence-electron chi connectivity index (χ2n) is 3.45. The van der Waals surface area contributed by atoms with Gasteiger partial charge in [0.1, 0.15) is 12.0 Å². The lowest BCUT2D eigenvalue weighted by Gasteiger charge is -2.02. The Hall–Kier alpha value is -1.25. The summed E-state index contributed by atoms with van der Waals surface area (Å²) in [5.74, 6) is 0.668. The van der Waals surface area contributed by atoms with Gasteiger partial charge in [-0.05, 0) is 18.4 Å². The van der Waals surface area contributed by atoms with Crippen LogP contribution in [0.1, 0.15) is 37.2 Å². The molecule has 0 aliphatic heterocycles. The molecule has 1 aromatic heterocycles. The molecule has 1 rings (SSSR count). The Morgan fingerprint density at radius 3 is 2.85 bits per heavy atom. The number of rotatable bonds is 4. The predicted octanol–water partition coefficient (Wildman–Crippen LogP) is 2.10. The normalized spacial score (nSPS) is 10.4. The molecule has 0 N–H and O–H groups in total. The highest BCUT2D eigenvalue weighted by Crippen LogP contribution is 2.07. The average molecular weight is 178 g/mol. The molecule has 0 saturated carbocycles. The van der Waals surface area contributed by atoms with Crippen molar-refractivity contribution in [2.24, 2.45) is 5.92 Å². The summed E-state index contributed by atoms with van der Waals surface area (Å²) >= 11 is 0. The van der Waals surface area contributed by atoms with E-state index in [9.17, 15) is 4.79 Å². The van der Waals surface area contributed by atoms with E-state index in [1.165, 1.54) is 6.33 Å². The van der Waals surface area contributed by atoms with Crippen LogP contribution < -0.4 is 0 Å². The first-order valence-electron chi connectivity index (χ1n) is 4.49. The Labute approximate surface area is 78.2 Å². The molecule has 0 saturated heterocycles. The van der Waals surface area contributed by atoms with Crippen LogP contribution in [0.4, 0.5) is 0 Å². The topological polar surface area (TPSA) is 42.9 Å². The molecule has 1 heterocycles. The van der Waals surface area contributed by atoms with Crippen LogP contribution in [-0.2, 0) is 0 Å². The van der Waals surface area contributed by atoms with E-state index in [2.05, 4.69) is 23.8 Å². The van der Waals surface area contributed by atoms with E-state index in [0.29, 0.717) is 18.0 Å². The lowest BCUT2D eigenvalue weighted by molar-refractivity contribution is 0.0970. The van der Waals surface area contributed by atoms with Crippen molar-refractivity contribution in [1.82, 2.24) is 9.97 Å². The van der Waals surface area contributed by atoms with E-state index >= 15 is 0 Å². The molecule has 0 spiro atoms. The summed E-state index contributed by atoms with van der Waals surface area (Å²) in [6.07, 6.45) is 4.50. The molecule has 3 heteroatoms. The molecule has 0 fully saturated rings. The minimum atomic E-state index is 0.108. The molecular formula is C10H14N2O. The summed E-state index contributed by atoms with van der Waals surface area (Å²) in [6, 6.07) is 1.66. The quantitative estimate of drug-likeness (QED) is 0.663. The lowest BCUT2D eigenvalue weighted by Crippen LogP contribution is -2.03. The summed E-state index contributed by atoms with van der Waals surface area (Å²) in [5, 5.41) is 0. The molecule has 0 amide bonds. The Kier molecular flexibility index (Phi) is 3.55. The van der Waals surface area contributed by atoms with Crippen LogP contribution in [0.15, 0.2) is 18.6 Å². The average Bonchev–Trinajstić information content (AvgIpc) is 2.15. The summed E-state index contributed by atoms with van der Waals surface area (Å²) in [4.78, 5) is 19.1. The van der Waals surface area contributed by atoms with Crippen molar-refractivity contribution in [3.63, 3.8) is 0 Å². The zero-order chi connectivity index (χ0) is 9.68. The van der Waals surface area contributed by atoms with E-state index < -0.39 is 0 Å². The van der Waals surface area contributed by atoms with Crippen LogP contribution in [0.2, 0.25) is 0 Å². The number of nitrogens with zero attached hydrogens (tertiary/aromatic N) is 2. The van der Waals surface area contributed by atoms with Gasteiger partial charge in [0, 0.05) is 12.6 Å². The number of Topliss-reactive ketones (excluding diaryl/α,β-unsaturated/α-hetero) is 1. The molecule has 3 nitrogen and oxygen atoms in total. The monoisotopic (exact) mass is 178 g/mol. The highest BCUT2D eigenvalue weighted by Gasteiger charge is 2.06. The molecule has 0 bridgehead atoms.